The maximum atomic E-state index is 11.9. The molecule has 0 aliphatic carbocycles. The third kappa shape index (κ3) is 3.26. The van der Waals surface area contributed by atoms with Crippen LogP contribution in [0.2, 0.25) is 0 Å². The zero-order valence-corrected chi connectivity index (χ0v) is 11.8. The van der Waals surface area contributed by atoms with Crippen LogP contribution in [0.5, 0.6) is 5.75 Å². The molecule has 1 N–H and O–H groups in total. The first kappa shape index (κ1) is 13.9. The fraction of sp³-hybridized carbons (Fsp3) is 0.533. The highest BCUT2D eigenvalue weighted by Crippen LogP contribution is 2.25. The summed E-state index contributed by atoms with van der Waals surface area (Å²) in [7, 11) is 1.66. The van der Waals surface area contributed by atoms with Crippen molar-refractivity contribution in [1.29, 1.82) is 0 Å². The van der Waals surface area contributed by atoms with E-state index in [1.165, 1.54) is 5.56 Å². The highest BCUT2D eigenvalue weighted by atomic mass is 16.5. The number of hydrogen-bond donors (Lipinski definition) is 1. The Morgan fingerprint density at radius 2 is 2.26 bits per heavy atom. The van der Waals surface area contributed by atoms with Crippen LogP contribution in [0.15, 0.2) is 12.1 Å². The Balaban J connectivity index is 2.04. The lowest BCUT2D eigenvalue weighted by Gasteiger charge is -2.15. The molecule has 1 amide bonds. The van der Waals surface area contributed by atoms with Crippen LogP contribution in [-0.4, -0.2) is 25.7 Å². The van der Waals surface area contributed by atoms with Gasteiger partial charge in [-0.25, -0.2) is 0 Å². The largest absolute Gasteiger partial charge is 0.496 e. The minimum Gasteiger partial charge on any atom is -0.496 e. The smallest absolute Gasteiger partial charge is 0.249 e. The molecule has 19 heavy (non-hydrogen) atoms. The molecule has 1 atom stereocenters. The number of rotatable bonds is 4. The summed E-state index contributed by atoms with van der Waals surface area (Å²) in [5.41, 5.74) is 3.26. The molecule has 1 aliphatic heterocycles. The molecule has 104 valence electrons. The summed E-state index contributed by atoms with van der Waals surface area (Å²) in [6.07, 6.45) is 1.50. The van der Waals surface area contributed by atoms with Gasteiger partial charge in [0.2, 0.25) is 5.91 Å². The van der Waals surface area contributed by atoms with E-state index >= 15 is 0 Å². The van der Waals surface area contributed by atoms with Crippen LogP contribution >= 0.6 is 0 Å². The molecule has 0 radical (unpaired) electrons. The molecular weight excluding hydrogens is 242 g/mol. The molecule has 1 unspecified atom stereocenters. The van der Waals surface area contributed by atoms with Crippen molar-refractivity contribution in [3.05, 3.63) is 28.8 Å². The Morgan fingerprint density at radius 3 is 2.89 bits per heavy atom. The third-order valence-corrected chi connectivity index (χ3v) is 3.38. The van der Waals surface area contributed by atoms with E-state index < -0.39 is 0 Å². The van der Waals surface area contributed by atoms with Gasteiger partial charge < -0.3 is 14.8 Å². The Bertz CT molecular complexity index is 465. The summed E-state index contributed by atoms with van der Waals surface area (Å²) in [6.45, 7) is 5.21. The number of benzene rings is 1. The fourth-order valence-electron chi connectivity index (χ4n) is 2.55. The molecule has 1 aromatic rings. The number of nitrogens with one attached hydrogen (secondary N) is 1. The van der Waals surface area contributed by atoms with Crippen molar-refractivity contribution in [2.45, 2.75) is 39.3 Å². The van der Waals surface area contributed by atoms with E-state index in [-0.39, 0.29) is 12.0 Å². The number of carbonyl (C=O) groups excluding carboxylic acids is 1. The molecular formula is C15H21NO3. The van der Waals surface area contributed by atoms with E-state index in [0.29, 0.717) is 13.2 Å². The summed E-state index contributed by atoms with van der Waals surface area (Å²) >= 11 is 0. The number of carbonyl (C=O) groups is 1. The average Bonchev–Trinajstić information content (AvgIpc) is 2.89. The van der Waals surface area contributed by atoms with Crippen LogP contribution in [0.3, 0.4) is 0 Å². The number of ether oxygens (including phenoxy) is 2. The van der Waals surface area contributed by atoms with Gasteiger partial charge in [0.1, 0.15) is 11.9 Å². The molecule has 0 aromatic heterocycles. The molecule has 0 bridgehead atoms. The van der Waals surface area contributed by atoms with Crippen molar-refractivity contribution in [1.82, 2.24) is 5.32 Å². The van der Waals surface area contributed by atoms with Gasteiger partial charge >= 0.3 is 0 Å². The minimum atomic E-state index is -0.281. The molecule has 1 fully saturated rings. The number of hydrogen-bond acceptors (Lipinski definition) is 3. The van der Waals surface area contributed by atoms with Gasteiger partial charge in [-0.2, -0.15) is 0 Å². The Labute approximate surface area is 114 Å². The SMILES string of the molecule is COc1c(C)cc(C)cc1CNC(=O)C1CCCO1. The highest BCUT2D eigenvalue weighted by Gasteiger charge is 2.23. The van der Waals surface area contributed by atoms with Crippen molar-refractivity contribution in [3.63, 3.8) is 0 Å². The van der Waals surface area contributed by atoms with Gasteiger partial charge in [0.15, 0.2) is 0 Å². The Morgan fingerprint density at radius 1 is 1.47 bits per heavy atom. The predicted molar refractivity (Wildman–Crippen MR) is 73.3 cm³/mol. The molecule has 1 aliphatic rings. The van der Waals surface area contributed by atoms with E-state index in [0.717, 1.165) is 29.7 Å². The molecule has 1 heterocycles. The fourth-order valence-corrected chi connectivity index (χ4v) is 2.55. The molecule has 1 saturated heterocycles. The van der Waals surface area contributed by atoms with E-state index in [1.54, 1.807) is 7.11 Å². The summed E-state index contributed by atoms with van der Waals surface area (Å²) in [6, 6.07) is 4.12. The van der Waals surface area contributed by atoms with E-state index in [2.05, 4.69) is 11.4 Å². The van der Waals surface area contributed by atoms with Crippen LogP contribution < -0.4 is 10.1 Å². The van der Waals surface area contributed by atoms with Crippen molar-refractivity contribution in [2.75, 3.05) is 13.7 Å². The monoisotopic (exact) mass is 263 g/mol. The summed E-state index contributed by atoms with van der Waals surface area (Å²) in [5, 5.41) is 2.93. The molecule has 1 aromatic carbocycles. The van der Waals surface area contributed by atoms with Crippen LogP contribution in [0.1, 0.15) is 29.5 Å². The van der Waals surface area contributed by atoms with Crippen molar-refractivity contribution in [2.24, 2.45) is 0 Å². The number of aryl methyl sites for hydroxylation is 2. The van der Waals surface area contributed by atoms with E-state index in [9.17, 15) is 4.79 Å². The first-order chi connectivity index (χ1) is 9.11. The van der Waals surface area contributed by atoms with E-state index in [4.69, 9.17) is 9.47 Å². The highest BCUT2D eigenvalue weighted by molar-refractivity contribution is 5.81. The van der Waals surface area contributed by atoms with Gasteiger partial charge in [-0.05, 0) is 32.3 Å². The summed E-state index contributed by atoms with van der Waals surface area (Å²) < 4.78 is 10.8. The first-order valence-electron chi connectivity index (χ1n) is 6.65. The topological polar surface area (TPSA) is 47.6 Å². The molecule has 0 spiro atoms. The van der Waals surface area contributed by atoms with Crippen LogP contribution in [0, 0.1) is 13.8 Å². The van der Waals surface area contributed by atoms with Gasteiger partial charge in [0, 0.05) is 18.7 Å². The van der Waals surface area contributed by atoms with E-state index in [1.807, 2.05) is 19.9 Å². The number of amides is 1. The summed E-state index contributed by atoms with van der Waals surface area (Å²) in [5.74, 6) is 0.817. The average molecular weight is 263 g/mol. The van der Waals surface area contributed by atoms with Gasteiger partial charge in [-0.1, -0.05) is 17.7 Å². The molecule has 2 rings (SSSR count). The molecule has 0 saturated carbocycles. The molecule has 4 nitrogen and oxygen atoms in total. The lowest BCUT2D eigenvalue weighted by Crippen LogP contribution is -2.33. The second-order valence-corrected chi connectivity index (χ2v) is 4.99. The lowest BCUT2D eigenvalue weighted by molar-refractivity contribution is -0.130. The Hall–Kier alpha value is -1.55. The van der Waals surface area contributed by atoms with Gasteiger partial charge in [-0.15, -0.1) is 0 Å². The van der Waals surface area contributed by atoms with Crippen LogP contribution in [-0.2, 0) is 16.1 Å². The predicted octanol–water partition coefficient (Wildman–Crippen LogP) is 2.11. The van der Waals surface area contributed by atoms with Crippen molar-refractivity contribution in [3.8, 4) is 5.75 Å². The minimum absolute atomic E-state index is 0.0290. The second kappa shape index (κ2) is 6.06. The first-order valence-corrected chi connectivity index (χ1v) is 6.65. The summed E-state index contributed by atoms with van der Waals surface area (Å²) in [4.78, 5) is 11.9. The maximum absolute atomic E-state index is 11.9. The van der Waals surface area contributed by atoms with Gasteiger partial charge in [-0.3, -0.25) is 4.79 Å². The lowest BCUT2D eigenvalue weighted by atomic mass is 10.1. The molecule has 4 heteroatoms. The second-order valence-electron chi connectivity index (χ2n) is 4.99. The van der Waals surface area contributed by atoms with Crippen LogP contribution in [0.25, 0.3) is 0 Å². The number of methoxy groups -OCH3 is 1. The zero-order valence-electron chi connectivity index (χ0n) is 11.8. The van der Waals surface area contributed by atoms with Gasteiger partial charge in [0.05, 0.1) is 7.11 Å². The van der Waals surface area contributed by atoms with Crippen LogP contribution in [0.4, 0.5) is 0 Å². The zero-order chi connectivity index (χ0) is 13.8. The van der Waals surface area contributed by atoms with Crippen molar-refractivity contribution < 1.29 is 14.3 Å². The normalized spacial score (nSPS) is 18.4. The maximum Gasteiger partial charge on any atom is 0.249 e. The van der Waals surface area contributed by atoms with Gasteiger partial charge in [0.25, 0.3) is 0 Å². The van der Waals surface area contributed by atoms with Crippen molar-refractivity contribution >= 4 is 5.91 Å². The Kier molecular flexibility index (Phi) is 4.43. The third-order valence-electron chi connectivity index (χ3n) is 3.38. The standard InChI is InChI=1S/C15H21NO3/c1-10-7-11(2)14(18-3)12(8-10)9-16-15(17)13-5-4-6-19-13/h7-8,13H,4-6,9H2,1-3H3,(H,16,17). The quantitative estimate of drug-likeness (QED) is 0.905.